The summed E-state index contributed by atoms with van der Waals surface area (Å²) in [5, 5.41) is 3.54. The van der Waals surface area contributed by atoms with E-state index in [0.717, 1.165) is 26.1 Å². The quantitative estimate of drug-likeness (QED) is 0.927. The van der Waals surface area contributed by atoms with Crippen LogP contribution in [-0.2, 0) is 11.3 Å². The minimum Gasteiger partial charge on any atom is -0.444 e. The molecule has 1 aromatic carbocycles. The van der Waals surface area contributed by atoms with Crippen LogP contribution in [0.15, 0.2) is 42.1 Å². The van der Waals surface area contributed by atoms with E-state index >= 15 is 0 Å². The Morgan fingerprint density at radius 2 is 2.00 bits per heavy atom. The Kier molecular flexibility index (Phi) is 4.33. The number of nitrogens with one attached hydrogen (secondary N) is 1. The zero-order valence-corrected chi connectivity index (χ0v) is 14.2. The zero-order chi connectivity index (χ0) is 16.4. The number of amides is 1. The van der Waals surface area contributed by atoms with Gasteiger partial charge < -0.3 is 15.0 Å². The predicted octanol–water partition coefficient (Wildman–Crippen LogP) is 3.55. The molecule has 4 heteroatoms. The van der Waals surface area contributed by atoms with Gasteiger partial charge in [-0.15, -0.1) is 0 Å². The fourth-order valence-electron chi connectivity index (χ4n) is 3.33. The number of carbonyl (C=O) groups excluding carboxylic acids is 1. The van der Waals surface area contributed by atoms with Gasteiger partial charge in [0.15, 0.2) is 0 Å². The van der Waals surface area contributed by atoms with Gasteiger partial charge in [0.25, 0.3) is 0 Å². The molecule has 4 nitrogen and oxygen atoms in total. The predicted molar refractivity (Wildman–Crippen MR) is 90.8 cm³/mol. The van der Waals surface area contributed by atoms with Crippen molar-refractivity contribution >= 4 is 6.09 Å². The van der Waals surface area contributed by atoms with Crippen LogP contribution in [0.25, 0.3) is 0 Å². The van der Waals surface area contributed by atoms with Crippen LogP contribution >= 0.6 is 0 Å². The van der Waals surface area contributed by atoms with Crippen LogP contribution in [0.5, 0.6) is 0 Å². The number of fused-ring (bicyclic) bond motifs is 1. The highest BCUT2D eigenvalue weighted by Gasteiger charge is 2.39. The van der Waals surface area contributed by atoms with E-state index in [1.54, 1.807) is 0 Å². The highest BCUT2D eigenvalue weighted by molar-refractivity contribution is 5.68. The molecule has 1 aliphatic carbocycles. The number of nitrogens with zero attached hydrogens (tertiary/aromatic N) is 1. The van der Waals surface area contributed by atoms with Crippen LogP contribution in [0.1, 0.15) is 32.8 Å². The summed E-state index contributed by atoms with van der Waals surface area (Å²) in [4.78, 5) is 14.0. The van der Waals surface area contributed by atoms with Gasteiger partial charge in [0.05, 0.1) is 0 Å². The SMILES string of the molecule is CC(C)(C)OC(=O)N1C[C@H]2CC(NCc3ccccc3)=C[C@H]2C1. The number of rotatable bonds is 3. The summed E-state index contributed by atoms with van der Waals surface area (Å²) in [6.07, 6.45) is 3.15. The van der Waals surface area contributed by atoms with Crippen LogP contribution in [0.2, 0.25) is 0 Å². The van der Waals surface area contributed by atoms with Gasteiger partial charge in [-0.1, -0.05) is 36.4 Å². The Bertz CT molecular complexity index is 589. The fraction of sp³-hybridized carbons (Fsp3) is 0.526. The van der Waals surface area contributed by atoms with Crippen LogP contribution in [0.3, 0.4) is 0 Å². The molecule has 23 heavy (non-hydrogen) atoms. The van der Waals surface area contributed by atoms with Gasteiger partial charge >= 0.3 is 6.09 Å². The molecule has 1 saturated heterocycles. The molecule has 0 unspecified atom stereocenters. The molecule has 0 bridgehead atoms. The first kappa shape index (κ1) is 15.9. The maximum Gasteiger partial charge on any atom is 0.410 e. The average Bonchev–Trinajstić information content (AvgIpc) is 3.02. The van der Waals surface area contributed by atoms with Crippen molar-refractivity contribution in [2.24, 2.45) is 11.8 Å². The topological polar surface area (TPSA) is 41.6 Å². The highest BCUT2D eigenvalue weighted by atomic mass is 16.6. The van der Waals surface area contributed by atoms with Gasteiger partial charge in [0.2, 0.25) is 0 Å². The summed E-state index contributed by atoms with van der Waals surface area (Å²) in [6.45, 7) is 8.17. The van der Waals surface area contributed by atoms with Crippen molar-refractivity contribution in [3.63, 3.8) is 0 Å². The first-order chi connectivity index (χ1) is 10.9. The first-order valence-corrected chi connectivity index (χ1v) is 8.37. The van der Waals surface area contributed by atoms with Crippen molar-refractivity contribution in [1.29, 1.82) is 0 Å². The van der Waals surface area contributed by atoms with E-state index in [9.17, 15) is 4.79 Å². The average molecular weight is 314 g/mol. The van der Waals surface area contributed by atoms with Gasteiger partial charge in [-0.2, -0.15) is 0 Å². The number of ether oxygens (including phenoxy) is 1. The van der Waals surface area contributed by atoms with E-state index in [4.69, 9.17) is 4.74 Å². The molecular formula is C19H26N2O2. The van der Waals surface area contributed by atoms with E-state index in [0.29, 0.717) is 11.8 Å². The lowest BCUT2D eigenvalue weighted by Gasteiger charge is -2.24. The molecule has 1 amide bonds. The molecule has 0 aromatic heterocycles. The Morgan fingerprint density at radius 1 is 1.26 bits per heavy atom. The van der Waals surface area contributed by atoms with Gasteiger partial charge in [-0.05, 0) is 38.7 Å². The fourth-order valence-corrected chi connectivity index (χ4v) is 3.33. The molecule has 3 rings (SSSR count). The Labute approximate surface area is 138 Å². The molecule has 1 aliphatic heterocycles. The second kappa shape index (κ2) is 6.26. The van der Waals surface area contributed by atoms with Gasteiger partial charge in [0.1, 0.15) is 5.60 Å². The van der Waals surface area contributed by atoms with Gasteiger partial charge in [-0.3, -0.25) is 0 Å². The summed E-state index contributed by atoms with van der Waals surface area (Å²) in [7, 11) is 0. The molecule has 1 heterocycles. The Hall–Kier alpha value is -1.97. The second-order valence-corrected chi connectivity index (χ2v) is 7.54. The van der Waals surface area contributed by atoms with Gasteiger partial charge in [-0.25, -0.2) is 4.79 Å². The van der Waals surface area contributed by atoms with E-state index in [-0.39, 0.29) is 6.09 Å². The monoisotopic (exact) mass is 314 g/mol. The summed E-state index contributed by atoms with van der Waals surface area (Å²) < 4.78 is 5.47. The van der Waals surface area contributed by atoms with Crippen LogP contribution in [0.4, 0.5) is 4.79 Å². The van der Waals surface area contributed by atoms with E-state index < -0.39 is 5.60 Å². The molecule has 0 saturated carbocycles. The minimum atomic E-state index is -0.424. The molecule has 0 radical (unpaired) electrons. The van der Waals surface area contributed by atoms with Gasteiger partial charge in [0, 0.05) is 31.2 Å². The Morgan fingerprint density at radius 3 is 2.65 bits per heavy atom. The third kappa shape index (κ3) is 4.06. The number of likely N-dealkylation sites (tertiary alicyclic amines) is 1. The Balaban J connectivity index is 1.51. The van der Waals surface area contributed by atoms with Crippen molar-refractivity contribution in [2.45, 2.75) is 39.3 Å². The second-order valence-electron chi connectivity index (χ2n) is 7.54. The molecule has 1 aromatic rings. The van der Waals surface area contributed by atoms with Crippen molar-refractivity contribution in [2.75, 3.05) is 13.1 Å². The van der Waals surface area contributed by atoms with Crippen LogP contribution < -0.4 is 5.32 Å². The minimum absolute atomic E-state index is 0.181. The zero-order valence-electron chi connectivity index (χ0n) is 14.2. The lowest BCUT2D eigenvalue weighted by molar-refractivity contribution is 0.0284. The molecular weight excluding hydrogens is 288 g/mol. The highest BCUT2D eigenvalue weighted by Crippen LogP contribution is 2.36. The summed E-state index contributed by atoms with van der Waals surface area (Å²) in [5.41, 5.74) is 2.18. The van der Waals surface area contributed by atoms with Crippen molar-refractivity contribution in [1.82, 2.24) is 10.2 Å². The number of benzene rings is 1. The number of hydrogen-bond acceptors (Lipinski definition) is 3. The summed E-state index contributed by atoms with van der Waals surface area (Å²) in [6, 6.07) is 10.4. The third-order valence-electron chi connectivity index (χ3n) is 4.40. The van der Waals surface area contributed by atoms with E-state index in [2.05, 4.69) is 35.7 Å². The van der Waals surface area contributed by atoms with E-state index in [1.807, 2.05) is 31.7 Å². The van der Waals surface area contributed by atoms with Crippen molar-refractivity contribution in [3.8, 4) is 0 Å². The molecule has 1 N–H and O–H groups in total. The largest absolute Gasteiger partial charge is 0.444 e. The third-order valence-corrected chi connectivity index (χ3v) is 4.40. The molecule has 2 aliphatic rings. The maximum atomic E-state index is 12.2. The smallest absolute Gasteiger partial charge is 0.410 e. The maximum absolute atomic E-state index is 12.2. The normalized spacial score (nSPS) is 23.4. The lowest BCUT2D eigenvalue weighted by atomic mass is 10.0. The number of hydrogen-bond donors (Lipinski definition) is 1. The van der Waals surface area contributed by atoms with Crippen LogP contribution in [0, 0.1) is 11.8 Å². The number of carbonyl (C=O) groups is 1. The summed E-state index contributed by atoms with van der Waals surface area (Å²) in [5.74, 6) is 0.988. The van der Waals surface area contributed by atoms with E-state index in [1.165, 1.54) is 11.3 Å². The molecule has 1 fully saturated rings. The molecule has 0 spiro atoms. The van der Waals surface area contributed by atoms with Crippen molar-refractivity contribution < 1.29 is 9.53 Å². The van der Waals surface area contributed by atoms with Crippen molar-refractivity contribution in [3.05, 3.63) is 47.7 Å². The lowest BCUT2D eigenvalue weighted by Crippen LogP contribution is -2.35. The summed E-state index contributed by atoms with van der Waals surface area (Å²) >= 11 is 0. The van der Waals surface area contributed by atoms with Crippen LogP contribution in [-0.4, -0.2) is 29.7 Å². The standard InChI is InChI=1S/C19H26N2O2/c1-19(2,3)23-18(22)21-12-15-9-17(10-16(15)13-21)20-11-14-7-5-4-6-8-14/h4-9,15-16,20H,10-13H2,1-3H3/t15-,16+/m0/s1. The molecule has 2 atom stereocenters. The molecule has 124 valence electrons. The number of allylic oxidation sites excluding steroid dienone is 1. The first-order valence-electron chi connectivity index (χ1n) is 8.37.